The first-order valence-electron chi connectivity index (χ1n) is 10.2. The van der Waals surface area contributed by atoms with E-state index in [1.165, 1.54) is 0 Å². The van der Waals surface area contributed by atoms with Crippen molar-refractivity contribution in [3.8, 4) is 23.7 Å². The van der Waals surface area contributed by atoms with E-state index in [-0.39, 0.29) is 34.2 Å². The Balaban J connectivity index is 2.31. The van der Waals surface area contributed by atoms with Crippen molar-refractivity contribution >= 4 is 11.6 Å². The largest absolute Gasteiger partial charge is 0.299 e. The third kappa shape index (κ3) is 2.99. The molecule has 3 rings (SSSR count). The van der Waals surface area contributed by atoms with Gasteiger partial charge in [0.05, 0.1) is 10.8 Å². The molecule has 0 aliphatic heterocycles. The molecule has 3 aliphatic carbocycles. The highest BCUT2D eigenvalue weighted by atomic mass is 16.1. The summed E-state index contributed by atoms with van der Waals surface area (Å²) in [5, 5.41) is 0. The van der Waals surface area contributed by atoms with Crippen LogP contribution >= 0.6 is 0 Å². The van der Waals surface area contributed by atoms with Crippen molar-refractivity contribution in [2.75, 3.05) is 0 Å². The lowest BCUT2D eigenvalue weighted by atomic mass is 9.28. The molecule has 148 valence electrons. The van der Waals surface area contributed by atoms with Gasteiger partial charge in [-0.15, -0.1) is 0 Å². The first kappa shape index (κ1) is 20.7. The molecule has 4 atom stereocenters. The van der Waals surface area contributed by atoms with Crippen molar-refractivity contribution in [3.63, 3.8) is 0 Å². The minimum atomic E-state index is -0.592. The van der Waals surface area contributed by atoms with E-state index in [9.17, 15) is 9.59 Å². The molecule has 0 aromatic heterocycles. The highest BCUT2D eigenvalue weighted by molar-refractivity contribution is 5.97. The predicted octanol–water partition coefficient (Wildman–Crippen LogP) is 5.14. The van der Waals surface area contributed by atoms with E-state index >= 15 is 0 Å². The second kappa shape index (κ2) is 6.22. The van der Waals surface area contributed by atoms with Crippen LogP contribution in [0.5, 0.6) is 0 Å². The molecule has 2 nitrogen and oxygen atoms in total. The number of rotatable bonds is 0. The van der Waals surface area contributed by atoms with Gasteiger partial charge in [-0.1, -0.05) is 64.5 Å². The van der Waals surface area contributed by atoms with Gasteiger partial charge in [0.25, 0.3) is 0 Å². The fourth-order valence-corrected chi connectivity index (χ4v) is 6.19. The Morgan fingerprint density at radius 3 is 1.39 bits per heavy atom. The summed E-state index contributed by atoms with van der Waals surface area (Å²) < 4.78 is 0. The molecule has 3 fully saturated rings. The number of allylic oxidation sites excluding steroid dienone is 2. The van der Waals surface area contributed by atoms with Crippen molar-refractivity contribution in [2.45, 2.75) is 67.2 Å². The van der Waals surface area contributed by atoms with Gasteiger partial charge in [0.15, 0.2) is 0 Å². The van der Waals surface area contributed by atoms with Gasteiger partial charge >= 0.3 is 0 Å². The van der Waals surface area contributed by atoms with Crippen molar-refractivity contribution in [1.82, 2.24) is 0 Å². The van der Waals surface area contributed by atoms with Crippen molar-refractivity contribution in [2.24, 2.45) is 33.5 Å². The summed E-state index contributed by atoms with van der Waals surface area (Å²) in [6.45, 7) is 20.2. The monoisotopic (exact) mass is 376 g/mol. The van der Waals surface area contributed by atoms with Crippen molar-refractivity contribution in [3.05, 3.63) is 24.3 Å². The number of Topliss-reactive ketones (excluding diaryl/α,β-unsaturated/α-hetero) is 2. The lowest BCUT2D eigenvalue weighted by Crippen LogP contribution is -2.74. The number of fused-ring (bicyclic) bond motifs is 4. The summed E-state index contributed by atoms with van der Waals surface area (Å²) >= 11 is 0. The van der Waals surface area contributed by atoms with Crippen LogP contribution in [0.4, 0.5) is 0 Å². The minimum Gasteiger partial charge on any atom is -0.299 e. The topological polar surface area (TPSA) is 34.1 Å². The first-order valence-corrected chi connectivity index (χ1v) is 10.2. The van der Waals surface area contributed by atoms with Gasteiger partial charge in [0.2, 0.25) is 0 Å². The van der Waals surface area contributed by atoms with Crippen LogP contribution in [-0.4, -0.2) is 11.6 Å². The van der Waals surface area contributed by atoms with Gasteiger partial charge in [-0.05, 0) is 48.7 Å². The molecule has 3 aliphatic rings. The average Bonchev–Trinajstić information content (AvgIpc) is 2.49. The van der Waals surface area contributed by atoms with Crippen LogP contribution in [0.25, 0.3) is 0 Å². The Bertz CT molecular complexity index is 832. The van der Waals surface area contributed by atoms with Crippen LogP contribution in [0.2, 0.25) is 0 Å². The molecule has 0 unspecified atom stereocenters. The quantitative estimate of drug-likeness (QED) is 0.548. The molecular weight excluding hydrogens is 344 g/mol. The molecule has 0 N–H and O–H groups in total. The molecule has 3 saturated carbocycles. The van der Waals surface area contributed by atoms with Gasteiger partial charge in [0.1, 0.15) is 11.6 Å². The molecule has 0 amide bonds. The van der Waals surface area contributed by atoms with Crippen molar-refractivity contribution in [1.29, 1.82) is 0 Å². The lowest BCUT2D eigenvalue weighted by Gasteiger charge is -2.70. The number of carbonyl (C=O) groups is 2. The van der Waals surface area contributed by atoms with Crippen LogP contribution < -0.4 is 0 Å². The average molecular weight is 377 g/mol. The van der Waals surface area contributed by atoms with Gasteiger partial charge in [-0.25, -0.2) is 0 Å². The highest BCUT2D eigenvalue weighted by Crippen LogP contribution is 2.75. The summed E-state index contributed by atoms with van der Waals surface area (Å²) in [5.41, 5.74) is 0.0419. The van der Waals surface area contributed by atoms with E-state index in [1.807, 2.05) is 13.8 Å². The fourth-order valence-electron chi connectivity index (χ4n) is 6.19. The molecule has 2 heteroatoms. The van der Waals surface area contributed by atoms with E-state index in [0.29, 0.717) is 12.8 Å². The number of ketones is 2. The van der Waals surface area contributed by atoms with Gasteiger partial charge in [-0.2, -0.15) is 0 Å². The third-order valence-electron chi connectivity index (χ3n) is 6.70. The second-order valence-corrected chi connectivity index (χ2v) is 10.9. The van der Waals surface area contributed by atoms with Crippen LogP contribution in [-0.2, 0) is 9.59 Å². The van der Waals surface area contributed by atoms with E-state index in [4.69, 9.17) is 0 Å². The zero-order valence-corrected chi connectivity index (χ0v) is 18.2. The zero-order chi connectivity index (χ0) is 21.1. The van der Waals surface area contributed by atoms with Crippen molar-refractivity contribution < 1.29 is 9.59 Å². The Morgan fingerprint density at radius 2 is 1.11 bits per heavy atom. The maximum absolute atomic E-state index is 13.3. The van der Waals surface area contributed by atoms with Gasteiger partial charge in [0, 0.05) is 24.7 Å². The number of hydrogen-bond donors (Lipinski definition) is 0. The van der Waals surface area contributed by atoms with Crippen LogP contribution in [0, 0.1) is 57.2 Å². The molecular formula is C26H32O2. The van der Waals surface area contributed by atoms with Gasteiger partial charge < -0.3 is 0 Å². The third-order valence-corrected chi connectivity index (χ3v) is 6.70. The summed E-state index contributed by atoms with van der Waals surface area (Å²) in [6, 6.07) is 0. The lowest BCUT2D eigenvalue weighted by molar-refractivity contribution is -0.210. The zero-order valence-electron chi connectivity index (χ0n) is 18.2. The van der Waals surface area contributed by atoms with E-state index < -0.39 is 10.8 Å². The summed E-state index contributed by atoms with van der Waals surface area (Å²) in [5.74, 6) is 13.0. The Kier molecular flexibility index (Phi) is 4.59. The van der Waals surface area contributed by atoms with E-state index in [0.717, 1.165) is 24.0 Å². The van der Waals surface area contributed by atoms with Crippen LogP contribution in [0.1, 0.15) is 67.2 Å². The maximum Gasteiger partial charge on any atom is 0.138 e. The molecule has 0 aromatic carbocycles. The smallest absolute Gasteiger partial charge is 0.138 e. The minimum absolute atomic E-state index is 0.162. The second-order valence-electron chi connectivity index (χ2n) is 10.9. The summed E-state index contributed by atoms with van der Waals surface area (Å²) in [6.07, 6.45) is 2.57. The molecule has 0 radical (unpaired) electrons. The summed E-state index contributed by atoms with van der Waals surface area (Å²) in [4.78, 5) is 26.5. The Labute approximate surface area is 170 Å². The normalized spacial score (nSPS) is 37.1. The molecule has 0 saturated heterocycles. The number of carbonyl (C=O) groups excluding carboxylic acids is 2. The number of hydrogen-bond acceptors (Lipinski definition) is 2. The SMILES string of the molecule is C=C(C)C#C[C@@]12CC(C)(C)CC(=O)[C@@H]1[C@H]1C(=O)CC(C)(C)C[C@]12C#CC(=C)C. The Morgan fingerprint density at radius 1 is 0.786 bits per heavy atom. The van der Waals surface area contributed by atoms with Crippen LogP contribution in [0.15, 0.2) is 24.3 Å². The summed E-state index contributed by atoms with van der Waals surface area (Å²) in [7, 11) is 0. The molecule has 0 bridgehead atoms. The molecule has 0 spiro atoms. The van der Waals surface area contributed by atoms with Gasteiger partial charge in [-0.3, -0.25) is 9.59 Å². The predicted molar refractivity (Wildman–Crippen MR) is 113 cm³/mol. The Hall–Kier alpha value is -2.06. The highest BCUT2D eigenvalue weighted by Gasteiger charge is 2.78. The standard InChI is InChI=1S/C26H32O2/c1-17(2)9-11-25-15-23(5,6)13-19(27)21(25)22-20(28)14-24(7,8)16-26(22,25)12-10-18(3)4/h21-22H,1,3,13-16H2,2,4-8H3/t21-,22-,25-,26-/m1/s1. The van der Waals surface area contributed by atoms with Crippen LogP contribution in [0.3, 0.4) is 0 Å². The van der Waals surface area contributed by atoms with E-state index in [1.54, 1.807) is 0 Å². The molecule has 0 heterocycles. The molecule has 0 aromatic rings. The molecule has 28 heavy (non-hydrogen) atoms. The fraction of sp³-hybridized carbons (Fsp3) is 0.615. The first-order chi connectivity index (χ1) is 12.8. The van der Waals surface area contributed by atoms with E-state index in [2.05, 4.69) is 64.5 Å². The maximum atomic E-state index is 13.3.